The first-order chi connectivity index (χ1) is 9.35. The van der Waals surface area contributed by atoms with Crippen LogP contribution in [0.25, 0.3) is 0 Å². The van der Waals surface area contributed by atoms with Gasteiger partial charge < -0.3 is 15.8 Å². The molecule has 2 atom stereocenters. The molecule has 1 amide bonds. The van der Waals surface area contributed by atoms with Crippen molar-refractivity contribution in [2.24, 2.45) is 5.73 Å². The Kier molecular flexibility index (Phi) is 5.91. The normalized spacial score (nSPS) is 13.4. The van der Waals surface area contributed by atoms with E-state index < -0.39 is 29.8 Å². The predicted molar refractivity (Wildman–Crippen MR) is 72.6 cm³/mol. The van der Waals surface area contributed by atoms with Crippen molar-refractivity contribution in [2.45, 2.75) is 25.4 Å². The van der Waals surface area contributed by atoms with Crippen molar-refractivity contribution >= 4 is 23.5 Å². The van der Waals surface area contributed by atoms with Gasteiger partial charge in [0, 0.05) is 0 Å². The zero-order valence-corrected chi connectivity index (χ0v) is 11.9. The molecule has 0 aromatic heterocycles. The maximum absolute atomic E-state index is 13.5. The van der Waals surface area contributed by atoms with Crippen LogP contribution >= 0.6 is 11.6 Å². The van der Waals surface area contributed by atoms with Crippen molar-refractivity contribution in [3.05, 3.63) is 34.6 Å². The largest absolute Gasteiger partial charge is 0.469 e. The minimum Gasteiger partial charge on any atom is -0.469 e. The van der Waals surface area contributed by atoms with E-state index in [2.05, 4.69) is 10.1 Å². The van der Waals surface area contributed by atoms with Crippen LogP contribution in [0, 0.1) is 5.82 Å². The van der Waals surface area contributed by atoms with Gasteiger partial charge in [-0.15, -0.1) is 0 Å². The van der Waals surface area contributed by atoms with E-state index in [4.69, 9.17) is 17.3 Å². The molecule has 1 rings (SSSR count). The minimum atomic E-state index is -0.743. The number of carbonyl (C=O) groups excluding carboxylic acids is 2. The maximum atomic E-state index is 13.5. The second-order valence-electron chi connectivity index (χ2n) is 4.30. The number of ether oxygens (including phenoxy) is 1. The highest BCUT2D eigenvalue weighted by Crippen LogP contribution is 2.22. The molecule has 0 fully saturated rings. The fraction of sp³-hybridized carbons (Fsp3) is 0.385. The molecule has 3 N–H and O–H groups in total. The van der Waals surface area contributed by atoms with Crippen LogP contribution in [0.1, 0.15) is 24.9 Å². The first-order valence-corrected chi connectivity index (χ1v) is 6.30. The summed E-state index contributed by atoms with van der Waals surface area (Å²) in [5.41, 5.74) is 5.86. The van der Waals surface area contributed by atoms with Crippen LogP contribution in [0.15, 0.2) is 18.2 Å². The van der Waals surface area contributed by atoms with Crippen LogP contribution in [0.5, 0.6) is 0 Å². The van der Waals surface area contributed by atoms with E-state index in [-0.39, 0.29) is 11.4 Å². The van der Waals surface area contributed by atoms with Gasteiger partial charge in [-0.3, -0.25) is 9.59 Å². The Morgan fingerprint density at radius 3 is 2.65 bits per heavy atom. The Labute approximate surface area is 121 Å². The lowest BCUT2D eigenvalue weighted by molar-refractivity contribution is -0.141. The molecule has 0 aliphatic rings. The van der Waals surface area contributed by atoms with Crippen molar-refractivity contribution in [3.8, 4) is 0 Å². The molecule has 1 aromatic carbocycles. The number of nitrogens with two attached hydrogens (primary N) is 1. The Balaban J connectivity index is 2.99. The van der Waals surface area contributed by atoms with Gasteiger partial charge in [-0.1, -0.05) is 17.7 Å². The summed E-state index contributed by atoms with van der Waals surface area (Å²) in [6, 6.07) is 2.58. The molecule has 20 heavy (non-hydrogen) atoms. The van der Waals surface area contributed by atoms with Gasteiger partial charge in [-0.05, 0) is 24.6 Å². The highest BCUT2D eigenvalue weighted by atomic mass is 35.5. The van der Waals surface area contributed by atoms with Crippen molar-refractivity contribution in [3.63, 3.8) is 0 Å². The van der Waals surface area contributed by atoms with E-state index in [1.54, 1.807) is 0 Å². The summed E-state index contributed by atoms with van der Waals surface area (Å²) in [6.45, 7) is 1.51. The summed E-state index contributed by atoms with van der Waals surface area (Å²) in [6.07, 6.45) is -0.129. The van der Waals surface area contributed by atoms with E-state index in [1.807, 2.05) is 0 Å². The zero-order chi connectivity index (χ0) is 15.3. The second kappa shape index (κ2) is 7.21. The summed E-state index contributed by atoms with van der Waals surface area (Å²) in [5.74, 6) is -1.61. The number of amides is 1. The van der Waals surface area contributed by atoms with Gasteiger partial charge in [0.2, 0.25) is 5.91 Å². The lowest BCUT2D eigenvalue weighted by Gasteiger charge is -2.19. The first kappa shape index (κ1) is 16.4. The summed E-state index contributed by atoms with van der Waals surface area (Å²) >= 11 is 5.60. The molecule has 0 spiro atoms. The number of nitrogens with one attached hydrogen (secondary N) is 1. The van der Waals surface area contributed by atoms with Crippen LogP contribution in [-0.2, 0) is 14.3 Å². The minimum absolute atomic E-state index is 0.0379. The van der Waals surface area contributed by atoms with Gasteiger partial charge in [0.05, 0.1) is 30.6 Å². The number of halogens is 2. The van der Waals surface area contributed by atoms with E-state index in [0.717, 1.165) is 6.07 Å². The number of benzene rings is 1. The number of rotatable bonds is 5. The summed E-state index contributed by atoms with van der Waals surface area (Å²) in [4.78, 5) is 23.0. The third-order valence-corrected chi connectivity index (χ3v) is 2.98. The number of carbonyl (C=O) groups is 2. The number of esters is 1. The monoisotopic (exact) mass is 302 g/mol. The summed E-state index contributed by atoms with van der Waals surface area (Å²) < 4.78 is 18.0. The van der Waals surface area contributed by atoms with Crippen molar-refractivity contribution in [1.29, 1.82) is 0 Å². The molecule has 0 bridgehead atoms. The predicted octanol–water partition coefficient (Wildman–Crippen LogP) is 1.55. The van der Waals surface area contributed by atoms with Gasteiger partial charge in [0.1, 0.15) is 5.82 Å². The van der Waals surface area contributed by atoms with Crippen LogP contribution in [0.4, 0.5) is 4.39 Å². The van der Waals surface area contributed by atoms with E-state index in [9.17, 15) is 14.0 Å². The number of methoxy groups -OCH3 is 1. The smallest absolute Gasteiger partial charge is 0.307 e. The lowest BCUT2D eigenvalue weighted by Crippen LogP contribution is -2.41. The standard InChI is InChI=1S/C13H16ClFN2O3/c1-7(16)13(19)17-11(6-12(18)20-2)8-3-4-9(14)10(15)5-8/h3-5,7,11H,6,16H2,1-2H3,(H,17,19). The van der Waals surface area contributed by atoms with Gasteiger partial charge in [-0.25, -0.2) is 4.39 Å². The molecule has 0 heterocycles. The van der Waals surface area contributed by atoms with E-state index in [0.29, 0.717) is 5.56 Å². The van der Waals surface area contributed by atoms with Gasteiger partial charge >= 0.3 is 5.97 Å². The quantitative estimate of drug-likeness (QED) is 0.809. The number of hydrogen-bond acceptors (Lipinski definition) is 4. The summed E-state index contributed by atoms with van der Waals surface area (Å²) in [5, 5.41) is 2.53. The molecule has 110 valence electrons. The van der Waals surface area contributed by atoms with Crippen molar-refractivity contribution in [2.75, 3.05) is 7.11 Å². The van der Waals surface area contributed by atoms with Crippen molar-refractivity contribution in [1.82, 2.24) is 5.32 Å². The van der Waals surface area contributed by atoms with Gasteiger partial charge in [0.15, 0.2) is 0 Å². The van der Waals surface area contributed by atoms with Crippen LogP contribution in [-0.4, -0.2) is 25.0 Å². The molecule has 1 aromatic rings. The summed E-state index contributed by atoms with van der Waals surface area (Å²) in [7, 11) is 1.23. The molecule has 5 nitrogen and oxygen atoms in total. The topological polar surface area (TPSA) is 81.4 Å². The molecule has 0 aliphatic carbocycles. The van der Waals surface area contributed by atoms with E-state index in [1.165, 1.54) is 26.2 Å². The van der Waals surface area contributed by atoms with E-state index >= 15 is 0 Å². The van der Waals surface area contributed by atoms with Gasteiger partial charge in [-0.2, -0.15) is 0 Å². The Morgan fingerprint density at radius 2 is 2.15 bits per heavy atom. The Morgan fingerprint density at radius 1 is 1.50 bits per heavy atom. The third-order valence-electron chi connectivity index (χ3n) is 2.67. The molecule has 0 aliphatic heterocycles. The van der Waals surface area contributed by atoms with Crippen LogP contribution in [0.3, 0.4) is 0 Å². The SMILES string of the molecule is COC(=O)CC(NC(=O)C(C)N)c1ccc(Cl)c(F)c1. The molecule has 0 saturated heterocycles. The Hall–Kier alpha value is -1.66. The van der Waals surface area contributed by atoms with Crippen LogP contribution in [0.2, 0.25) is 5.02 Å². The molecular formula is C13H16ClFN2O3. The molecule has 0 saturated carbocycles. The first-order valence-electron chi connectivity index (χ1n) is 5.93. The molecular weight excluding hydrogens is 287 g/mol. The zero-order valence-electron chi connectivity index (χ0n) is 11.2. The molecule has 2 unspecified atom stereocenters. The average molecular weight is 303 g/mol. The fourth-order valence-electron chi connectivity index (χ4n) is 1.53. The highest BCUT2D eigenvalue weighted by Gasteiger charge is 2.21. The van der Waals surface area contributed by atoms with Gasteiger partial charge in [0.25, 0.3) is 0 Å². The molecule has 0 radical (unpaired) electrons. The highest BCUT2D eigenvalue weighted by molar-refractivity contribution is 6.30. The van der Waals surface area contributed by atoms with Crippen molar-refractivity contribution < 1.29 is 18.7 Å². The Bertz CT molecular complexity index is 508. The lowest BCUT2D eigenvalue weighted by atomic mass is 10.0. The number of hydrogen-bond donors (Lipinski definition) is 2. The second-order valence-corrected chi connectivity index (χ2v) is 4.71. The maximum Gasteiger partial charge on any atom is 0.307 e. The fourth-order valence-corrected chi connectivity index (χ4v) is 1.65. The molecule has 7 heteroatoms. The van der Waals surface area contributed by atoms with Crippen LogP contribution < -0.4 is 11.1 Å². The third kappa shape index (κ3) is 4.47. The average Bonchev–Trinajstić information content (AvgIpc) is 2.40.